The van der Waals surface area contributed by atoms with Gasteiger partial charge in [-0.3, -0.25) is 0 Å². The van der Waals surface area contributed by atoms with Gasteiger partial charge in [0.2, 0.25) is 0 Å². The molecule has 6 nitrogen and oxygen atoms in total. The molecule has 0 saturated carbocycles. The van der Waals surface area contributed by atoms with E-state index in [1.165, 1.54) is 0 Å². The number of aromatic nitrogens is 3. The molecule has 3 rings (SSSR count). The highest BCUT2D eigenvalue weighted by molar-refractivity contribution is 5.20. The quantitative estimate of drug-likeness (QED) is 0.658. The van der Waals surface area contributed by atoms with Crippen molar-refractivity contribution in [3.05, 3.63) is 116 Å². The molecule has 1 heterocycles. The van der Waals surface area contributed by atoms with E-state index in [0.29, 0.717) is 0 Å². The van der Waals surface area contributed by atoms with Gasteiger partial charge in [0.25, 0.3) is 0 Å². The van der Waals surface area contributed by atoms with Crippen LogP contribution in [0, 0.1) is 0 Å². The van der Waals surface area contributed by atoms with Crippen molar-refractivity contribution in [1.82, 2.24) is 13.7 Å². The zero-order valence-electron chi connectivity index (χ0n) is 14.0. The molecule has 3 aromatic rings. The first-order valence-corrected chi connectivity index (χ1v) is 8.02. The van der Waals surface area contributed by atoms with Gasteiger partial charge in [0.15, 0.2) is 0 Å². The minimum absolute atomic E-state index is 0.0680. The molecule has 1 aromatic heterocycles. The number of hydrogen-bond donors (Lipinski definition) is 0. The molecule has 0 amide bonds. The zero-order chi connectivity index (χ0) is 18.5. The van der Waals surface area contributed by atoms with Crippen LogP contribution in [0.2, 0.25) is 0 Å². The minimum Gasteiger partial charge on any atom is -0.247 e. The summed E-state index contributed by atoms with van der Waals surface area (Å²) >= 11 is 0. The molecule has 0 saturated heterocycles. The van der Waals surface area contributed by atoms with Gasteiger partial charge in [-0.25, -0.2) is 28.1 Å². The summed E-state index contributed by atoms with van der Waals surface area (Å²) < 4.78 is 2.92. The highest BCUT2D eigenvalue weighted by atomic mass is 16.2. The second-order valence-corrected chi connectivity index (χ2v) is 5.69. The van der Waals surface area contributed by atoms with Crippen molar-refractivity contribution < 1.29 is 0 Å². The normalized spacial score (nSPS) is 10.3. The molecule has 0 bridgehead atoms. The first kappa shape index (κ1) is 17.2. The predicted molar refractivity (Wildman–Crippen MR) is 100 cm³/mol. The van der Waals surface area contributed by atoms with Crippen LogP contribution in [0.4, 0.5) is 0 Å². The van der Waals surface area contributed by atoms with Gasteiger partial charge < -0.3 is 0 Å². The van der Waals surface area contributed by atoms with Crippen molar-refractivity contribution in [2.75, 3.05) is 0 Å². The van der Waals surface area contributed by atoms with Crippen LogP contribution in [0.1, 0.15) is 11.1 Å². The molecule has 0 radical (unpaired) electrons. The van der Waals surface area contributed by atoms with Crippen LogP contribution in [-0.2, 0) is 13.1 Å². The van der Waals surface area contributed by atoms with Gasteiger partial charge in [0.1, 0.15) is 0 Å². The number of nitrogens with zero attached hydrogens (tertiary/aromatic N) is 3. The second kappa shape index (κ2) is 7.51. The smallest absolute Gasteiger partial charge is 0.247 e. The van der Waals surface area contributed by atoms with Crippen LogP contribution in [0.3, 0.4) is 0 Å². The molecular formula is C20H17N3O3. The molecule has 2 aromatic carbocycles. The zero-order valence-corrected chi connectivity index (χ0v) is 14.0. The Kier molecular flexibility index (Phi) is 4.97. The van der Waals surface area contributed by atoms with Gasteiger partial charge >= 0.3 is 17.1 Å². The minimum atomic E-state index is -0.718. The van der Waals surface area contributed by atoms with Gasteiger partial charge in [-0.2, -0.15) is 0 Å². The van der Waals surface area contributed by atoms with E-state index in [0.717, 1.165) is 31.0 Å². The largest absolute Gasteiger partial charge is 0.341 e. The Morgan fingerprint density at radius 1 is 0.731 bits per heavy atom. The highest BCUT2D eigenvalue weighted by Gasteiger charge is 2.14. The van der Waals surface area contributed by atoms with Crippen molar-refractivity contribution in [1.29, 1.82) is 0 Å². The maximum Gasteiger partial charge on any atom is 0.341 e. The van der Waals surface area contributed by atoms with E-state index in [-0.39, 0.29) is 13.1 Å². The fraction of sp³-hybridized carbons (Fsp3) is 0.100. The molecule has 0 N–H and O–H groups in total. The molecule has 0 atom stereocenters. The van der Waals surface area contributed by atoms with E-state index in [9.17, 15) is 14.4 Å². The van der Waals surface area contributed by atoms with Crippen LogP contribution >= 0.6 is 0 Å². The van der Waals surface area contributed by atoms with Crippen molar-refractivity contribution in [3.8, 4) is 0 Å². The average Bonchev–Trinajstić information content (AvgIpc) is 2.67. The first-order chi connectivity index (χ1) is 12.6. The van der Waals surface area contributed by atoms with Crippen LogP contribution in [-0.4, -0.2) is 13.7 Å². The lowest BCUT2D eigenvalue weighted by Crippen LogP contribution is -2.53. The lowest BCUT2D eigenvalue weighted by atomic mass is 10.2. The molecular weight excluding hydrogens is 330 g/mol. The van der Waals surface area contributed by atoms with Crippen LogP contribution in [0.25, 0.3) is 6.20 Å². The molecule has 0 aliphatic carbocycles. The lowest BCUT2D eigenvalue weighted by Gasteiger charge is -2.12. The van der Waals surface area contributed by atoms with Crippen LogP contribution in [0.15, 0.2) is 87.4 Å². The van der Waals surface area contributed by atoms with Crippen molar-refractivity contribution in [2.24, 2.45) is 0 Å². The van der Waals surface area contributed by atoms with E-state index < -0.39 is 17.1 Å². The molecule has 0 fully saturated rings. The fourth-order valence-electron chi connectivity index (χ4n) is 2.66. The highest BCUT2D eigenvalue weighted by Crippen LogP contribution is 2.00. The summed E-state index contributed by atoms with van der Waals surface area (Å²) in [7, 11) is 0. The third-order valence-electron chi connectivity index (χ3n) is 3.92. The van der Waals surface area contributed by atoms with Crippen molar-refractivity contribution >= 4 is 6.20 Å². The summed E-state index contributed by atoms with van der Waals surface area (Å²) in [5.41, 5.74) is 1.90. The number of benzene rings is 2. The molecule has 6 heteroatoms. The molecule has 0 spiro atoms. The maximum atomic E-state index is 12.8. The monoisotopic (exact) mass is 347 g/mol. The lowest BCUT2D eigenvalue weighted by molar-refractivity contribution is 0.539. The first-order valence-electron chi connectivity index (χ1n) is 8.02. The van der Waals surface area contributed by atoms with E-state index >= 15 is 0 Å². The van der Waals surface area contributed by atoms with Crippen LogP contribution < -0.4 is 17.1 Å². The Balaban J connectivity index is 2.21. The summed E-state index contributed by atoms with van der Waals surface area (Å²) in [6, 6.07) is 18.2. The molecule has 0 aliphatic heterocycles. The molecule has 0 aliphatic rings. The number of rotatable bonds is 5. The van der Waals surface area contributed by atoms with Gasteiger partial charge in [0, 0.05) is 0 Å². The maximum absolute atomic E-state index is 12.8. The molecule has 26 heavy (non-hydrogen) atoms. The summed E-state index contributed by atoms with van der Waals surface area (Å²) in [6.45, 7) is 3.55. The van der Waals surface area contributed by atoms with Crippen molar-refractivity contribution in [2.45, 2.75) is 13.1 Å². The summed E-state index contributed by atoms with van der Waals surface area (Å²) in [5.74, 6) is 0. The average molecular weight is 347 g/mol. The van der Waals surface area contributed by atoms with Crippen molar-refractivity contribution in [3.63, 3.8) is 0 Å². The SMILES string of the molecule is C=C=Cn1c(=O)n(Cc2ccccc2)c(=O)n(Cc2ccccc2)c1=O. The van der Waals surface area contributed by atoms with Gasteiger partial charge in [-0.1, -0.05) is 67.2 Å². The number of hydrogen-bond acceptors (Lipinski definition) is 3. The Morgan fingerprint density at radius 3 is 1.54 bits per heavy atom. The Morgan fingerprint density at radius 2 is 1.15 bits per heavy atom. The second-order valence-electron chi connectivity index (χ2n) is 5.69. The Labute approximate surface area is 149 Å². The topological polar surface area (TPSA) is 66.0 Å². The Bertz CT molecular complexity index is 1050. The molecule has 0 unspecified atom stereocenters. The van der Waals surface area contributed by atoms with E-state index in [4.69, 9.17) is 0 Å². The van der Waals surface area contributed by atoms with Gasteiger partial charge in [-0.05, 0) is 11.1 Å². The summed E-state index contributed by atoms with van der Waals surface area (Å²) in [5, 5.41) is 0. The predicted octanol–water partition coefficient (Wildman–Crippen LogP) is 1.52. The van der Waals surface area contributed by atoms with Gasteiger partial charge in [-0.15, -0.1) is 5.73 Å². The third kappa shape index (κ3) is 3.41. The Hall–Kier alpha value is -3.63. The fourth-order valence-corrected chi connectivity index (χ4v) is 2.66. The van der Waals surface area contributed by atoms with Crippen LogP contribution in [0.5, 0.6) is 0 Å². The standard InChI is InChI=1S/C20H17N3O3/c1-2-13-21-18(24)22(14-16-9-5-3-6-10-16)20(26)23(19(21)25)15-17-11-7-4-8-12-17/h3-13H,1,14-15H2. The summed E-state index contributed by atoms with van der Waals surface area (Å²) in [4.78, 5) is 38.1. The van der Waals surface area contributed by atoms with E-state index in [1.807, 2.05) is 60.7 Å². The van der Waals surface area contributed by atoms with Gasteiger partial charge in [0.05, 0.1) is 19.3 Å². The van der Waals surface area contributed by atoms with E-state index in [2.05, 4.69) is 12.3 Å². The third-order valence-corrected chi connectivity index (χ3v) is 3.92. The summed E-state index contributed by atoms with van der Waals surface area (Å²) in [6.07, 6.45) is 1.15. The molecule has 130 valence electrons. The van der Waals surface area contributed by atoms with E-state index in [1.54, 1.807) is 0 Å².